The fraction of sp³-hybridized carbons (Fsp3) is 0.812. The molecule has 6 nitrogen and oxygen atoms in total. The summed E-state index contributed by atoms with van der Waals surface area (Å²) in [6, 6.07) is 0. The fourth-order valence-corrected chi connectivity index (χ4v) is 5.20. The smallest absolute Gasteiger partial charge is 0.311 e. The van der Waals surface area contributed by atoms with Crippen LogP contribution < -0.4 is 5.32 Å². The Morgan fingerprint density at radius 1 is 1.23 bits per heavy atom. The molecule has 3 aliphatic carbocycles. The summed E-state index contributed by atoms with van der Waals surface area (Å²) in [4.78, 5) is 38.1. The van der Waals surface area contributed by atoms with E-state index < -0.39 is 0 Å². The van der Waals surface area contributed by atoms with Crippen molar-refractivity contribution in [1.29, 1.82) is 0 Å². The quantitative estimate of drug-likeness (QED) is 0.752. The number of carbonyl (C=O) groups excluding carboxylic acids is 3. The SMILES string of the molecule is COC(=O)C12CC(C(=O)N3CCCC4(CNC(=O)C4)C3)(C1)C2. The van der Waals surface area contributed by atoms with Crippen molar-refractivity contribution >= 4 is 17.8 Å². The van der Waals surface area contributed by atoms with Crippen LogP contribution in [0.3, 0.4) is 0 Å². The lowest BCUT2D eigenvalue weighted by atomic mass is 9.34. The maximum atomic E-state index is 12.9. The zero-order valence-electron chi connectivity index (χ0n) is 12.9. The van der Waals surface area contributed by atoms with E-state index in [-0.39, 0.29) is 34.0 Å². The molecular weight excluding hydrogens is 284 g/mol. The van der Waals surface area contributed by atoms with E-state index in [0.717, 1.165) is 19.4 Å². The molecule has 6 heteroatoms. The number of likely N-dealkylation sites (tertiary alicyclic amines) is 1. The van der Waals surface area contributed by atoms with Gasteiger partial charge >= 0.3 is 5.97 Å². The van der Waals surface area contributed by atoms with Crippen molar-refractivity contribution in [2.24, 2.45) is 16.2 Å². The largest absolute Gasteiger partial charge is 0.469 e. The molecule has 5 fully saturated rings. The number of nitrogens with one attached hydrogen (secondary N) is 1. The topological polar surface area (TPSA) is 75.7 Å². The van der Waals surface area contributed by atoms with Gasteiger partial charge in [-0.1, -0.05) is 0 Å². The van der Waals surface area contributed by atoms with E-state index in [0.29, 0.717) is 38.8 Å². The third-order valence-electron chi connectivity index (χ3n) is 6.25. The van der Waals surface area contributed by atoms with Gasteiger partial charge in [-0.05, 0) is 32.1 Å². The number of methoxy groups -OCH3 is 1. The number of esters is 1. The molecule has 0 aromatic heterocycles. The molecule has 0 radical (unpaired) electrons. The Morgan fingerprint density at radius 2 is 1.95 bits per heavy atom. The summed E-state index contributed by atoms with van der Waals surface area (Å²) < 4.78 is 4.84. The molecule has 5 rings (SSSR count). The second kappa shape index (κ2) is 4.24. The van der Waals surface area contributed by atoms with Gasteiger partial charge in [-0.25, -0.2) is 0 Å². The highest BCUT2D eigenvalue weighted by Gasteiger charge is 2.76. The number of rotatable bonds is 2. The molecule has 1 atom stereocenters. The Hall–Kier alpha value is -1.59. The molecule has 3 saturated carbocycles. The number of nitrogens with zero attached hydrogens (tertiary/aromatic N) is 1. The molecular formula is C16H22N2O4. The number of piperidine rings is 1. The highest BCUT2D eigenvalue weighted by atomic mass is 16.5. The average molecular weight is 306 g/mol. The molecule has 2 aliphatic heterocycles. The molecule has 1 N–H and O–H groups in total. The molecule has 2 amide bonds. The van der Waals surface area contributed by atoms with Gasteiger partial charge in [-0.3, -0.25) is 14.4 Å². The van der Waals surface area contributed by atoms with E-state index in [1.165, 1.54) is 7.11 Å². The van der Waals surface area contributed by atoms with Gasteiger partial charge in [0.2, 0.25) is 11.8 Å². The van der Waals surface area contributed by atoms with Gasteiger partial charge in [-0.2, -0.15) is 0 Å². The third kappa shape index (κ3) is 1.69. The van der Waals surface area contributed by atoms with E-state index in [9.17, 15) is 14.4 Å². The lowest BCUT2D eigenvalue weighted by Crippen LogP contribution is -2.71. The molecule has 5 aliphatic rings. The maximum Gasteiger partial charge on any atom is 0.311 e. The van der Waals surface area contributed by atoms with Crippen LogP contribution in [-0.2, 0) is 19.1 Å². The molecule has 0 aromatic carbocycles. The summed E-state index contributed by atoms with van der Waals surface area (Å²) in [5.41, 5.74) is -0.750. The highest BCUT2D eigenvalue weighted by molar-refractivity contribution is 5.94. The third-order valence-corrected chi connectivity index (χ3v) is 6.25. The monoisotopic (exact) mass is 306 g/mol. The van der Waals surface area contributed by atoms with Crippen molar-refractivity contribution in [3.63, 3.8) is 0 Å². The minimum Gasteiger partial charge on any atom is -0.469 e. The van der Waals surface area contributed by atoms with Crippen LogP contribution in [0.2, 0.25) is 0 Å². The van der Waals surface area contributed by atoms with E-state index in [2.05, 4.69) is 5.32 Å². The Balaban J connectivity index is 1.43. The van der Waals surface area contributed by atoms with Gasteiger partial charge in [0.05, 0.1) is 17.9 Å². The lowest BCUT2D eigenvalue weighted by molar-refractivity contribution is -0.229. The summed E-state index contributed by atoms with van der Waals surface area (Å²) in [5.74, 6) is 0.129. The van der Waals surface area contributed by atoms with Crippen LogP contribution >= 0.6 is 0 Å². The minimum atomic E-state index is -0.372. The predicted octanol–water partition coefficient (Wildman–Crippen LogP) is 0.458. The Kier molecular flexibility index (Phi) is 2.70. The molecule has 2 bridgehead atoms. The Morgan fingerprint density at radius 3 is 2.55 bits per heavy atom. The molecule has 2 saturated heterocycles. The Bertz CT molecular complexity index is 553. The second-order valence-electron chi connectivity index (χ2n) is 7.87. The normalized spacial score (nSPS) is 42.4. The van der Waals surface area contributed by atoms with Crippen molar-refractivity contribution in [3.05, 3.63) is 0 Å². The van der Waals surface area contributed by atoms with Crippen LogP contribution in [0.15, 0.2) is 0 Å². The lowest BCUT2D eigenvalue weighted by Gasteiger charge is -2.68. The zero-order valence-corrected chi connectivity index (χ0v) is 12.9. The number of hydrogen-bond acceptors (Lipinski definition) is 4. The van der Waals surface area contributed by atoms with Crippen molar-refractivity contribution in [1.82, 2.24) is 10.2 Å². The van der Waals surface area contributed by atoms with Gasteiger partial charge in [0.25, 0.3) is 0 Å². The van der Waals surface area contributed by atoms with Crippen LogP contribution in [0.5, 0.6) is 0 Å². The Labute approximate surface area is 129 Å². The number of ether oxygens (including phenoxy) is 1. The summed E-state index contributed by atoms with van der Waals surface area (Å²) >= 11 is 0. The molecule has 120 valence electrons. The summed E-state index contributed by atoms with van der Waals surface area (Å²) in [6.07, 6.45) is 4.44. The van der Waals surface area contributed by atoms with Gasteiger partial charge in [0.1, 0.15) is 0 Å². The van der Waals surface area contributed by atoms with Gasteiger partial charge < -0.3 is 15.0 Å². The van der Waals surface area contributed by atoms with E-state index in [1.807, 2.05) is 4.90 Å². The predicted molar refractivity (Wildman–Crippen MR) is 76.6 cm³/mol. The standard InChI is InChI=1S/C16H22N2O4/c1-22-13(21)16-6-15(7-16,8-16)12(20)18-4-2-3-14(10-18)5-11(19)17-9-14/h2-10H2,1H3,(H,17,19). The first-order valence-electron chi connectivity index (χ1n) is 8.07. The van der Waals surface area contributed by atoms with Crippen LogP contribution in [0.4, 0.5) is 0 Å². The van der Waals surface area contributed by atoms with Crippen molar-refractivity contribution < 1.29 is 19.1 Å². The number of carbonyl (C=O) groups is 3. The average Bonchev–Trinajstić information content (AvgIpc) is 2.76. The van der Waals surface area contributed by atoms with Crippen LogP contribution in [0.1, 0.15) is 38.5 Å². The van der Waals surface area contributed by atoms with E-state index in [1.54, 1.807) is 0 Å². The first kappa shape index (κ1) is 14.0. The molecule has 1 spiro atoms. The van der Waals surface area contributed by atoms with Crippen molar-refractivity contribution in [3.8, 4) is 0 Å². The molecule has 2 heterocycles. The van der Waals surface area contributed by atoms with Crippen LogP contribution in [0, 0.1) is 16.2 Å². The van der Waals surface area contributed by atoms with Crippen molar-refractivity contribution in [2.75, 3.05) is 26.7 Å². The molecule has 22 heavy (non-hydrogen) atoms. The summed E-state index contributed by atoms with van der Waals surface area (Å²) in [7, 11) is 1.41. The summed E-state index contributed by atoms with van der Waals surface area (Å²) in [5, 5.41) is 2.91. The van der Waals surface area contributed by atoms with E-state index >= 15 is 0 Å². The minimum absolute atomic E-state index is 0.0609. The van der Waals surface area contributed by atoms with Gasteiger partial charge in [0, 0.05) is 31.5 Å². The first-order chi connectivity index (χ1) is 10.4. The number of hydrogen-bond donors (Lipinski definition) is 1. The first-order valence-corrected chi connectivity index (χ1v) is 8.07. The van der Waals surface area contributed by atoms with Gasteiger partial charge in [0.15, 0.2) is 0 Å². The zero-order chi connectivity index (χ0) is 15.6. The van der Waals surface area contributed by atoms with Crippen LogP contribution in [0.25, 0.3) is 0 Å². The summed E-state index contributed by atoms with van der Waals surface area (Å²) in [6.45, 7) is 2.15. The highest BCUT2D eigenvalue weighted by Crippen LogP contribution is 2.74. The second-order valence-corrected chi connectivity index (χ2v) is 7.87. The van der Waals surface area contributed by atoms with Crippen molar-refractivity contribution in [2.45, 2.75) is 38.5 Å². The molecule has 1 unspecified atom stereocenters. The molecule has 0 aromatic rings. The number of amides is 2. The fourth-order valence-electron chi connectivity index (χ4n) is 5.20. The van der Waals surface area contributed by atoms with Gasteiger partial charge in [-0.15, -0.1) is 0 Å². The van der Waals surface area contributed by atoms with E-state index in [4.69, 9.17) is 4.74 Å². The van der Waals surface area contributed by atoms with Crippen LogP contribution in [-0.4, -0.2) is 49.4 Å². The maximum absolute atomic E-state index is 12.9.